The van der Waals surface area contributed by atoms with Gasteiger partial charge >= 0.3 is 0 Å². The number of halogens is 1. The molecule has 0 unspecified atom stereocenters. The summed E-state index contributed by atoms with van der Waals surface area (Å²) in [6.07, 6.45) is 1.27. The number of carbonyl (C=O) groups is 1. The average molecular weight is 267 g/mol. The Labute approximate surface area is 108 Å². The van der Waals surface area contributed by atoms with E-state index in [4.69, 9.17) is 11.6 Å². The summed E-state index contributed by atoms with van der Waals surface area (Å²) in [5.74, 6) is 0.352. The zero-order valence-electron chi connectivity index (χ0n) is 9.15. The van der Waals surface area contributed by atoms with Crippen LogP contribution in [0, 0.1) is 0 Å². The number of thiazole rings is 1. The van der Waals surface area contributed by atoms with Crippen LogP contribution in [-0.4, -0.2) is 23.9 Å². The number of hydrogen-bond acceptors (Lipinski definition) is 4. The number of hydrogen-bond donors (Lipinski definition) is 0. The summed E-state index contributed by atoms with van der Waals surface area (Å²) in [6, 6.07) is 5.73. The highest BCUT2D eigenvalue weighted by molar-refractivity contribution is 7.22. The van der Waals surface area contributed by atoms with Gasteiger partial charge in [0, 0.05) is 31.0 Å². The quantitative estimate of drug-likeness (QED) is 0.795. The maximum Gasteiger partial charge on any atom is 0.186 e. The first-order chi connectivity index (χ1) is 8.22. The van der Waals surface area contributed by atoms with Gasteiger partial charge < -0.3 is 4.90 Å². The number of ketones is 1. The van der Waals surface area contributed by atoms with Gasteiger partial charge in [-0.05, 0) is 18.2 Å². The zero-order chi connectivity index (χ0) is 11.8. The molecule has 2 heterocycles. The van der Waals surface area contributed by atoms with Crippen molar-refractivity contribution in [3.8, 4) is 0 Å². The minimum atomic E-state index is 0.352. The van der Waals surface area contributed by atoms with Crippen LogP contribution in [0.25, 0.3) is 10.2 Å². The van der Waals surface area contributed by atoms with Crippen molar-refractivity contribution in [1.82, 2.24) is 4.98 Å². The van der Waals surface area contributed by atoms with Crippen molar-refractivity contribution < 1.29 is 4.79 Å². The number of Topliss-reactive ketones (excluding diaryl/α,β-unsaturated/α-hetero) is 1. The van der Waals surface area contributed by atoms with Crippen LogP contribution in [0.15, 0.2) is 18.2 Å². The fourth-order valence-corrected chi connectivity index (χ4v) is 3.26. The number of anilines is 1. The molecule has 0 radical (unpaired) electrons. The highest BCUT2D eigenvalue weighted by atomic mass is 35.5. The zero-order valence-corrected chi connectivity index (χ0v) is 10.7. The molecule has 88 valence electrons. The molecule has 0 saturated carbocycles. The van der Waals surface area contributed by atoms with Gasteiger partial charge in [-0.25, -0.2) is 4.98 Å². The van der Waals surface area contributed by atoms with Crippen LogP contribution in [-0.2, 0) is 4.79 Å². The second-order valence-electron chi connectivity index (χ2n) is 4.13. The molecule has 1 aliphatic rings. The lowest BCUT2D eigenvalue weighted by molar-refractivity contribution is -0.119. The van der Waals surface area contributed by atoms with Crippen LogP contribution in [0.3, 0.4) is 0 Å². The molecular formula is C12H11ClN2OS. The predicted molar refractivity (Wildman–Crippen MR) is 71.1 cm³/mol. The van der Waals surface area contributed by atoms with Crippen molar-refractivity contribution in [2.45, 2.75) is 12.8 Å². The summed E-state index contributed by atoms with van der Waals surface area (Å²) in [5, 5.41) is 1.73. The summed E-state index contributed by atoms with van der Waals surface area (Å²) >= 11 is 7.59. The number of fused-ring (bicyclic) bond motifs is 1. The minimum Gasteiger partial charge on any atom is -0.347 e. The molecule has 0 aliphatic carbocycles. The lowest BCUT2D eigenvalue weighted by Gasteiger charge is -2.25. The molecule has 17 heavy (non-hydrogen) atoms. The molecule has 0 amide bonds. The molecule has 0 N–H and O–H groups in total. The highest BCUT2D eigenvalue weighted by Gasteiger charge is 2.19. The van der Waals surface area contributed by atoms with E-state index in [2.05, 4.69) is 9.88 Å². The van der Waals surface area contributed by atoms with Gasteiger partial charge in [-0.1, -0.05) is 22.9 Å². The van der Waals surface area contributed by atoms with E-state index in [1.54, 1.807) is 11.3 Å². The third-order valence-corrected chi connectivity index (χ3v) is 4.24. The molecule has 2 aromatic rings. The van der Waals surface area contributed by atoms with Gasteiger partial charge in [-0.15, -0.1) is 0 Å². The predicted octanol–water partition coefficient (Wildman–Crippen LogP) is 3.12. The SMILES string of the molecule is O=C1CCN(c2nc3ccc(Cl)cc3s2)CC1. The maximum absolute atomic E-state index is 11.2. The topological polar surface area (TPSA) is 33.2 Å². The van der Waals surface area contributed by atoms with Gasteiger partial charge in [0.2, 0.25) is 0 Å². The average Bonchev–Trinajstić information content (AvgIpc) is 2.72. The highest BCUT2D eigenvalue weighted by Crippen LogP contribution is 2.31. The van der Waals surface area contributed by atoms with Crippen molar-refractivity contribution in [2.75, 3.05) is 18.0 Å². The summed E-state index contributed by atoms with van der Waals surface area (Å²) in [6.45, 7) is 1.57. The Kier molecular flexibility index (Phi) is 2.76. The van der Waals surface area contributed by atoms with Crippen LogP contribution in [0.4, 0.5) is 5.13 Å². The standard InChI is InChI=1S/C12H11ClN2OS/c13-8-1-2-10-11(7-8)17-12(14-10)15-5-3-9(16)4-6-15/h1-2,7H,3-6H2. The van der Waals surface area contributed by atoms with E-state index in [0.717, 1.165) is 33.5 Å². The first-order valence-corrected chi connectivity index (χ1v) is 6.74. The van der Waals surface area contributed by atoms with Crippen LogP contribution < -0.4 is 4.90 Å². The molecule has 3 rings (SSSR count). The molecule has 1 saturated heterocycles. The largest absolute Gasteiger partial charge is 0.347 e. The van der Waals surface area contributed by atoms with Crippen LogP contribution in [0.1, 0.15) is 12.8 Å². The number of benzene rings is 1. The Hall–Kier alpha value is -1.13. The van der Waals surface area contributed by atoms with Gasteiger partial charge in [-0.3, -0.25) is 4.79 Å². The third-order valence-electron chi connectivity index (χ3n) is 2.93. The molecule has 1 aliphatic heterocycles. The van der Waals surface area contributed by atoms with Crippen LogP contribution in [0.5, 0.6) is 0 Å². The van der Waals surface area contributed by atoms with Crippen molar-refractivity contribution in [2.24, 2.45) is 0 Å². The maximum atomic E-state index is 11.2. The number of piperidine rings is 1. The normalized spacial score (nSPS) is 16.8. The molecule has 1 aromatic heterocycles. The Morgan fingerprint density at radius 3 is 2.82 bits per heavy atom. The Morgan fingerprint density at radius 1 is 1.29 bits per heavy atom. The van der Waals surface area contributed by atoms with Gasteiger partial charge in [0.1, 0.15) is 5.78 Å². The van der Waals surface area contributed by atoms with Gasteiger partial charge in [-0.2, -0.15) is 0 Å². The molecule has 0 atom stereocenters. The molecule has 1 fully saturated rings. The van der Waals surface area contributed by atoms with Gasteiger partial charge in [0.15, 0.2) is 5.13 Å². The van der Waals surface area contributed by atoms with Crippen molar-refractivity contribution in [1.29, 1.82) is 0 Å². The van der Waals surface area contributed by atoms with E-state index in [1.807, 2.05) is 18.2 Å². The molecule has 0 spiro atoms. The first-order valence-electron chi connectivity index (χ1n) is 5.55. The summed E-state index contributed by atoms with van der Waals surface area (Å²) in [7, 11) is 0. The molecule has 3 nitrogen and oxygen atoms in total. The summed E-state index contributed by atoms with van der Waals surface area (Å²) < 4.78 is 1.10. The van der Waals surface area contributed by atoms with Crippen molar-refractivity contribution >= 4 is 44.1 Å². The smallest absolute Gasteiger partial charge is 0.186 e. The molecular weight excluding hydrogens is 256 g/mol. The number of nitrogens with zero attached hydrogens (tertiary/aromatic N) is 2. The lowest BCUT2D eigenvalue weighted by atomic mass is 10.1. The van der Waals surface area contributed by atoms with Gasteiger partial charge in [0.05, 0.1) is 10.2 Å². The van der Waals surface area contributed by atoms with Crippen molar-refractivity contribution in [3.63, 3.8) is 0 Å². The molecule has 1 aromatic carbocycles. The second kappa shape index (κ2) is 4.27. The summed E-state index contributed by atoms with van der Waals surface area (Å²) in [4.78, 5) is 18.0. The van der Waals surface area contributed by atoms with E-state index in [0.29, 0.717) is 18.6 Å². The van der Waals surface area contributed by atoms with Crippen molar-refractivity contribution in [3.05, 3.63) is 23.2 Å². The number of aromatic nitrogens is 1. The molecule has 0 bridgehead atoms. The fraction of sp³-hybridized carbons (Fsp3) is 0.333. The van der Waals surface area contributed by atoms with E-state index >= 15 is 0 Å². The third kappa shape index (κ3) is 2.15. The Bertz CT molecular complexity index is 571. The monoisotopic (exact) mass is 266 g/mol. The molecule has 5 heteroatoms. The Morgan fingerprint density at radius 2 is 2.06 bits per heavy atom. The van der Waals surface area contributed by atoms with E-state index in [1.165, 1.54) is 0 Å². The first kappa shape index (κ1) is 11.0. The van der Waals surface area contributed by atoms with Crippen LogP contribution in [0.2, 0.25) is 5.02 Å². The van der Waals surface area contributed by atoms with E-state index in [9.17, 15) is 4.79 Å². The van der Waals surface area contributed by atoms with Crippen LogP contribution >= 0.6 is 22.9 Å². The second-order valence-corrected chi connectivity index (χ2v) is 5.58. The number of rotatable bonds is 1. The number of carbonyl (C=O) groups excluding carboxylic acids is 1. The lowest BCUT2D eigenvalue weighted by Crippen LogP contribution is -2.33. The van der Waals surface area contributed by atoms with E-state index in [-0.39, 0.29) is 0 Å². The fourth-order valence-electron chi connectivity index (χ4n) is 1.97. The van der Waals surface area contributed by atoms with E-state index < -0.39 is 0 Å². The minimum absolute atomic E-state index is 0.352. The summed E-state index contributed by atoms with van der Waals surface area (Å²) in [5.41, 5.74) is 0.978. The van der Waals surface area contributed by atoms with Gasteiger partial charge in [0.25, 0.3) is 0 Å². The Balaban J connectivity index is 1.92.